The molecule has 0 bridgehead atoms. The standard InChI is InChI=1S/C17H26N4O3.C6H5F/c1-2-24-15(22)9-12-20-17(23)19-11-4-6-14-8-7-13-5-3-10-18-16(13)21-14;7-6-4-2-1-3-5-6/h7-8H,2-6,9-12H2,1H3,(H,18,21)(H2,19,20,23);1-5H. The Morgan fingerprint density at radius 3 is 2.61 bits per heavy atom. The van der Waals surface area contributed by atoms with Crippen LogP contribution in [-0.4, -0.2) is 43.2 Å². The van der Waals surface area contributed by atoms with Crippen molar-refractivity contribution in [3.8, 4) is 0 Å². The van der Waals surface area contributed by atoms with E-state index < -0.39 is 0 Å². The van der Waals surface area contributed by atoms with Gasteiger partial charge in [-0.05, 0) is 56.4 Å². The molecule has 8 heteroatoms. The second-order valence-electron chi connectivity index (χ2n) is 6.98. The summed E-state index contributed by atoms with van der Waals surface area (Å²) in [5, 5.41) is 8.73. The maximum atomic E-state index is 11.9. The number of aryl methyl sites for hydroxylation is 2. The van der Waals surface area contributed by atoms with E-state index in [1.807, 2.05) is 0 Å². The first kappa shape index (κ1) is 24.1. The lowest BCUT2D eigenvalue weighted by Crippen LogP contribution is -2.37. The van der Waals surface area contributed by atoms with Crippen LogP contribution in [0.2, 0.25) is 0 Å². The lowest BCUT2D eigenvalue weighted by molar-refractivity contribution is -0.142. The predicted octanol–water partition coefficient (Wildman–Crippen LogP) is 3.45. The molecule has 0 spiro atoms. The van der Waals surface area contributed by atoms with Crippen LogP contribution in [0.1, 0.15) is 37.4 Å². The summed E-state index contributed by atoms with van der Waals surface area (Å²) in [5.74, 6) is 0.524. The molecule has 1 aliphatic rings. The SMILES string of the molecule is CCOC(=O)CCNC(=O)NCCCc1ccc2c(n1)NCCC2.Fc1ccccc1. The number of anilines is 1. The third-order valence-electron chi connectivity index (χ3n) is 4.50. The Kier molecular flexibility index (Phi) is 10.9. The highest BCUT2D eigenvalue weighted by atomic mass is 19.1. The number of hydrogen-bond donors (Lipinski definition) is 3. The summed E-state index contributed by atoms with van der Waals surface area (Å²) in [5.41, 5.74) is 2.32. The molecular formula is C23H31FN4O3. The van der Waals surface area contributed by atoms with Crippen LogP contribution in [0.3, 0.4) is 0 Å². The normalized spacial score (nSPS) is 11.8. The Morgan fingerprint density at radius 2 is 1.90 bits per heavy atom. The minimum absolute atomic E-state index is 0.178. The Bertz CT molecular complexity index is 818. The van der Waals surface area contributed by atoms with Gasteiger partial charge < -0.3 is 20.7 Å². The van der Waals surface area contributed by atoms with Gasteiger partial charge in [-0.3, -0.25) is 4.79 Å². The number of carbonyl (C=O) groups is 2. The van der Waals surface area contributed by atoms with Gasteiger partial charge >= 0.3 is 12.0 Å². The number of amides is 2. The molecule has 7 nitrogen and oxygen atoms in total. The van der Waals surface area contributed by atoms with Gasteiger partial charge in [-0.25, -0.2) is 14.2 Å². The molecule has 0 saturated heterocycles. The van der Waals surface area contributed by atoms with Gasteiger partial charge in [0, 0.05) is 25.3 Å². The first-order valence-corrected chi connectivity index (χ1v) is 10.7. The highest BCUT2D eigenvalue weighted by Gasteiger charge is 2.10. The number of benzene rings is 1. The van der Waals surface area contributed by atoms with E-state index in [0.717, 1.165) is 43.7 Å². The van der Waals surface area contributed by atoms with E-state index in [9.17, 15) is 14.0 Å². The average molecular weight is 431 g/mol. The van der Waals surface area contributed by atoms with Crippen LogP contribution in [0.25, 0.3) is 0 Å². The van der Waals surface area contributed by atoms with E-state index in [1.54, 1.807) is 25.1 Å². The number of aromatic nitrogens is 1. The summed E-state index contributed by atoms with van der Waals surface area (Å²) < 4.78 is 16.7. The van der Waals surface area contributed by atoms with Crippen molar-refractivity contribution >= 4 is 17.8 Å². The van der Waals surface area contributed by atoms with Crippen LogP contribution in [0, 0.1) is 5.82 Å². The first-order valence-electron chi connectivity index (χ1n) is 10.7. The van der Waals surface area contributed by atoms with Crippen LogP contribution in [0.4, 0.5) is 15.0 Å². The summed E-state index contributed by atoms with van der Waals surface area (Å²) in [7, 11) is 0. The summed E-state index contributed by atoms with van der Waals surface area (Å²) in [4.78, 5) is 27.3. The number of hydrogen-bond acceptors (Lipinski definition) is 5. The van der Waals surface area contributed by atoms with E-state index in [1.165, 1.54) is 17.7 Å². The molecule has 168 valence electrons. The topological polar surface area (TPSA) is 92.3 Å². The van der Waals surface area contributed by atoms with Gasteiger partial charge in [-0.1, -0.05) is 24.3 Å². The molecule has 0 atom stereocenters. The van der Waals surface area contributed by atoms with Crippen molar-refractivity contribution in [2.24, 2.45) is 0 Å². The van der Waals surface area contributed by atoms with Crippen LogP contribution < -0.4 is 16.0 Å². The zero-order valence-corrected chi connectivity index (χ0v) is 18.0. The Balaban J connectivity index is 0.000000412. The molecule has 1 aliphatic heterocycles. The fourth-order valence-corrected chi connectivity index (χ4v) is 2.97. The fourth-order valence-electron chi connectivity index (χ4n) is 2.97. The van der Waals surface area contributed by atoms with E-state index >= 15 is 0 Å². The van der Waals surface area contributed by atoms with Crippen molar-refractivity contribution in [3.63, 3.8) is 0 Å². The molecular weight excluding hydrogens is 399 g/mol. The number of esters is 1. The fraction of sp³-hybridized carbons (Fsp3) is 0.435. The smallest absolute Gasteiger partial charge is 0.314 e. The Hall–Kier alpha value is -3.16. The van der Waals surface area contributed by atoms with Crippen LogP contribution in [-0.2, 0) is 22.4 Å². The van der Waals surface area contributed by atoms with Crippen molar-refractivity contribution in [1.82, 2.24) is 15.6 Å². The molecule has 2 heterocycles. The van der Waals surface area contributed by atoms with E-state index in [0.29, 0.717) is 13.2 Å². The summed E-state index contributed by atoms with van der Waals surface area (Å²) >= 11 is 0. The minimum Gasteiger partial charge on any atom is -0.466 e. The molecule has 3 rings (SSSR count). The van der Waals surface area contributed by atoms with Gasteiger partial charge in [-0.2, -0.15) is 0 Å². The van der Waals surface area contributed by atoms with E-state index in [-0.39, 0.29) is 30.8 Å². The third-order valence-corrected chi connectivity index (χ3v) is 4.50. The third kappa shape index (κ3) is 9.93. The zero-order chi connectivity index (χ0) is 22.3. The largest absolute Gasteiger partial charge is 0.466 e. The Labute approximate surface area is 182 Å². The number of carbonyl (C=O) groups excluding carboxylic acids is 2. The van der Waals surface area contributed by atoms with Gasteiger partial charge in [0.15, 0.2) is 0 Å². The summed E-state index contributed by atoms with van der Waals surface area (Å²) in [6.45, 7) is 3.94. The number of rotatable bonds is 8. The predicted molar refractivity (Wildman–Crippen MR) is 118 cm³/mol. The van der Waals surface area contributed by atoms with Crippen LogP contribution in [0.5, 0.6) is 0 Å². The van der Waals surface area contributed by atoms with E-state index in [2.05, 4.69) is 33.1 Å². The molecule has 31 heavy (non-hydrogen) atoms. The maximum absolute atomic E-state index is 11.9. The highest BCUT2D eigenvalue weighted by molar-refractivity contribution is 5.75. The molecule has 0 radical (unpaired) electrons. The van der Waals surface area contributed by atoms with Crippen molar-refractivity contribution in [2.75, 3.05) is 31.6 Å². The number of nitrogens with zero attached hydrogens (tertiary/aromatic N) is 1. The maximum Gasteiger partial charge on any atom is 0.314 e. The molecule has 0 aliphatic carbocycles. The van der Waals surface area contributed by atoms with Crippen LogP contribution in [0.15, 0.2) is 42.5 Å². The number of fused-ring (bicyclic) bond motifs is 1. The number of nitrogens with one attached hydrogen (secondary N) is 3. The van der Waals surface area contributed by atoms with Gasteiger partial charge in [0.2, 0.25) is 0 Å². The zero-order valence-electron chi connectivity index (χ0n) is 18.0. The molecule has 0 unspecified atom stereocenters. The van der Waals surface area contributed by atoms with Gasteiger partial charge in [0.05, 0.1) is 13.0 Å². The van der Waals surface area contributed by atoms with Gasteiger partial charge in [0.25, 0.3) is 0 Å². The monoisotopic (exact) mass is 430 g/mol. The minimum atomic E-state index is -0.301. The molecule has 0 saturated carbocycles. The molecule has 0 fully saturated rings. The quantitative estimate of drug-likeness (QED) is 0.441. The highest BCUT2D eigenvalue weighted by Crippen LogP contribution is 2.19. The van der Waals surface area contributed by atoms with Gasteiger partial charge in [0.1, 0.15) is 11.6 Å². The summed E-state index contributed by atoms with van der Waals surface area (Å²) in [6.07, 6.45) is 4.06. The average Bonchev–Trinajstić information content (AvgIpc) is 2.78. The second-order valence-corrected chi connectivity index (χ2v) is 6.98. The first-order chi connectivity index (χ1) is 15.1. The lowest BCUT2D eigenvalue weighted by Gasteiger charge is -2.17. The number of ether oxygens (including phenoxy) is 1. The van der Waals surface area contributed by atoms with Crippen molar-refractivity contribution in [3.05, 3.63) is 59.5 Å². The van der Waals surface area contributed by atoms with E-state index in [4.69, 9.17) is 4.74 Å². The lowest BCUT2D eigenvalue weighted by atomic mass is 10.1. The second kappa shape index (κ2) is 14.0. The molecule has 1 aromatic carbocycles. The van der Waals surface area contributed by atoms with Crippen LogP contribution >= 0.6 is 0 Å². The molecule has 2 amide bonds. The van der Waals surface area contributed by atoms with Crippen molar-refractivity contribution in [2.45, 2.75) is 39.0 Å². The number of halogens is 1. The molecule has 2 aromatic rings. The van der Waals surface area contributed by atoms with Crippen molar-refractivity contribution in [1.29, 1.82) is 0 Å². The van der Waals surface area contributed by atoms with Gasteiger partial charge in [-0.15, -0.1) is 0 Å². The van der Waals surface area contributed by atoms with Crippen molar-refractivity contribution < 1.29 is 18.7 Å². The number of pyridine rings is 1. The summed E-state index contributed by atoms with van der Waals surface area (Å²) in [6, 6.07) is 11.9. The molecule has 3 N–H and O–H groups in total. The number of urea groups is 1. The Morgan fingerprint density at radius 1 is 1.13 bits per heavy atom. The molecule has 1 aromatic heterocycles.